The van der Waals surface area contributed by atoms with Gasteiger partial charge in [0.1, 0.15) is 5.82 Å². The number of hydrogen-bond acceptors (Lipinski definition) is 6. The highest BCUT2D eigenvalue weighted by molar-refractivity contribution is 5.92. The van der Waals surface area contributed by atoms with Gasteiger partial charge in [-0.25, -0.2) is 14.6 Å². The summed E-state index contributed by atoms with van der Waals surface area (Å²) in [5.74, 6) is -0.837. The molecule has 0 saturated carbocycles. The molecule has 17 heavy (non-hydrogen) atoms. The lowest BCUT2D eigenvalue weighted by Crippen LogP contribution is -2.04. The number of carbonyl (C=O) groups is 2. The zero-order valence-electron chi connectivity index (χ0n) is 9.47. The molecule has 1 heterocycles. The minimum Gasteiger partial charge on any atom is -0.466 e. The van der Waals surface area contributed by atoms with Crippen molar-refractivity contribution in [2.24, 2.45) is 0 Å². The van der Waals surface area contributed by atoms with E-state index in [0.717, 1.165) is 0 Å². The molecule has 90 valence electrons. The number of pyridine rings is 1. The van der Waals surface area contributed by atoms with Gasteiger partial charge in [-0.15, -0.1) is 0 Å². The van der Waals surface area contributed by atoms with Gasteiger partial charge < -0.3 is 15.2 Å². The smallest absolute Gasteiger partial charge is 0.339 e. The maximum Gasteiger partial charge on any atom is 0.339 e. The Morgan fingerprint density at radius 1 is 1.35 bits per heavy atom. The molecular weight excluding hydrogens is 224 g/mol. The molecule has 1 aromatic rings. The summed E-state index contributed by atoms with van der Waals surface area (Å²) < 4.78 is 8.97. The molecule has 0 aromatic carbocycles. The first-order valence-corrected chi connectivity index (χ1v) is 4.68. The Balaban J connectivity index is 3.02. The number of rotatable bonds is 3. The van der Waals surface area contributed by atoms with Crippen LogP contribution in [0, 0.1) is 0 Å². The molecule has 6 nitrogen and oxygen atoms in total. The summed E-state index contributed by atoms with van der Waals surface area (Å²) in [7, 11) is 2.53. The largest absolute Gasteiger partial charge is 0.466 e. The standard InChI is InChI=1S/C11H12N2O4/c1-16-9(14)4-3-7-5-8(11(15)17-2)6-13-10(7)12/h3-6H,1-2H3,(H2,12,13). The van der Waals surface area contributed by atoms with Gasteiger partial charge >= 0.3 is 11.9 Å². The summed E-state index contributed by atoms with van der Waals surface area (Å²) in [5.41, 5.74) is 6.29. The molecule has 0 unspecified atom stereocenters. The van der Waals surface area contributed by atoms with Crippen LogP contribution in [0.1, 0.15) is 15.9 Å². The molecule has 0 aliphatic carbocycles. The van der Waals surface area contributed by atoms with E-state index in [1.165, 1.54) is 38.6 Å². The predicted octanol–water partition coefficient (Wildman–Crippen LogP) is 0.637. The van der Waals surface area contributed by atoms with Crippen LogP contribution in [0.5, 0.6) is 0 Å². The van der Waals surface area contributed by atoms with Gasteiger partial charge in [0.2, 0.25) is 0 Å². The molecule has 0 saturated heterocycles. The Kier molecular flexibility index (Phi) is 4.21. The van der Waals surface area contributed by atoms with E-state index in [4.69, 9.17) is 5.73 Å². The van der Waals surface area contributed by atoms with E-state index in [-0.39, 0.29) is 11.4 Å². The molecule has 0 fully saturated rings. The van der Waals surface area contributed by atoms with E-state index < -0.39 is 11.9 Å². The zero-order valence-corrected chi connectivity index (χ0v) is 9.47. The number of esters is 2. The molecule has 1 rings (SSSR count). The first-order valence-electron chi connectivity index (χ1n) is 4.68. The van der Waals surface area contributed by atoms with Crippen molar-refractivity contribution in [2.75, 3.05) is 20.0 Å². The van der Waals surface area contributed by atoms with E-state index in [0.29, 0.717) is 5.56 Å². The number of hydrogen-bond donors (Lipinski definition) is 1. The summed E-state index contributed by atoms with van der Waals surface area (Å²) in [6.07, 6.45) is 3.91. The maximum atomic E-state index is 11.3. The molecule has 2 N–H and O–H groups in total. The Morgan fingerprint density at radius 2 is 2.06 bits per heavy atom. The lowest BCUT2D eigenvalue weighted by Gasteiger charge is -2.02. The Morgan fingerprint density at radius 3 is 2.65 bits per heavy atom. The molecule has 0 aliphatic heterocycles. The number of aromatic nitrogens is 1. The molecule has 0 radical (unpaired) electrons. The number of nitrogens with two attached hydrogens (primary N) is 1. The Labute approximate surface area is 98.0 Å². The summed E-state index contributed by atoms with van der Waals surface area (Å²) in [5, 5.41) is 0. The lowest BCUT2D eigenvalue weighted by atomic mass is 10.1. The molecular formula is C11H12N2O4. The topological polar surface area (TPSA) is 91.5 Å². The molecule has 6 heteroatoms. The predicted molar refractivity (Wildman–Crippen MR) is 61.0 cm³/mol. The van der Waals surface area contributed by atoms with Crippen LogP contribution in [0.25, 0.3) is 6.08 Å². The van der Waals surface area contributed by atoms with Crippen molar-refractivity contribution in [1.29, 1.82) is 0 Å². The summed E-state index contributed by atoms with van der Waals surface area (Å²) in [6, 6.07) is 1.48. The van der Waals surface area contributed by atoms with Crippen molar-refractivity contribution in [3.8, 4) is 0 Å². The quantitative estimate of drug-likeness (QED) is 0.611. The molecule has 0 aliphatic rings. The Bertz CT molecular complexity index is 469. The van der Waals surface area contributed by atoms with Crippen LogP contribution in [0.4, 0.5) is 5.82 Å². The van der Waals surface area contributed by atoms with Crippen molar-refractivity contribution in [1.82, 2.24) is 4.98 Å². The van der Waals surface area contributed by atoms with Gasteiger partial charge in [0.15, 0.2) is 0 Å². The zero-order chi connectivity index (χ0) is 12.8. The fourth-order valence-electron chi connectivity index (χ4n) is 1.08. The van der Waals surface area contributed by atoms with Gasteiger partial charge in [-0.05, 0) is 12.1 Å². The monoisotopic (exact) mass is 236 g/mol. The van der Waals surface area contributed by atoms with E-state index in [2.05, 4.69) is 14.5 Å². The Hall–Kier alpha value is -2.37. The molecule has 1 aromatic heterocycles. The van der Waals surface area contributed by atoms with Crippen molar-refractivity contribution in [3.05, 3.63) is 29.5 Å². The van der Waals surface area contributed by atoms with Crippen LogP contribution in [0.15, 0.2) is 18.3 Å². The summed E-state index contributed by atoms with van der Waals surface area (Å²) >= 11 is 0. The second-order valence-corrected chi connectivity index (χ2v) is 3.05. The maximum absolute atomic E-state index is 11.3. The van der Waals surface area contributed by atoms with Crippen LogP contribution in [0.2, 0.25) is 0 Å². The van der Waals surface area contributed by atoms with Crippen LogP contribution in [0.3, 0.4) is 0 Å². The van der Waals surface area contributed by atoms with Gasteiger partial charge in [0.05, 0.1) is 19.8 Å². The average Bonchev–Trinajstić information content (AvgIpc) is 2.36. The highest BCUT2D eigenvalue weighted by Gasteiger charge is 2.08. The second-order valence-electron chi connectivity index (χ2n) is 3.05. The first-order chi connectivity index (χ1) is 8.08. The number of methoxy groups -OCH3 is 2. The van der Waals surface area contributed by atoms with E-state index in [1.807, 2.05) is 0 Å². The van der Waals surface area contributed by atoms with Gasteiger partial charge in [-0.2, -0.15) is 0 Å². The van der Waals surface area contributed by atoms with Gasteiger partial charge in [-0.3, -0.25) is 0 Å². The molecule has 0 bridgehead atoms. The lowest BCUT2D eigenvalue weighted by molar-refractivity contribution is -0.134. The number of anilines is 1. The first kappa shape index (κ1) is 12.7. The number of nitrogen functional groups attached to an aromatic ring is 1. The normalized spacial score (nSPS) is 10.2. The second kappa shape index (κ2) is 5.64. The number of nitrogens with zero attached hydrogens (tertiary/aromatic N) is 1. The fraction of sp³-hybridized carbons (Fsp3) is 0.182. The van der Waals surface area contributed by atoms with Crippen molar-refractivity contribution in [2.45, 2.75) is 0 Å². The van der Waals surface area contributed by atoms with Crippen LogP contribution in [-0.2, 0) is 14.3 Å². The molecule has 0 amide bonds. The summed E-state index contributed by atoms with van der Waals surface area (Å²) in [6.45, 7) is 0. The minimum absolute atomic E-state index is 0.206. The SMILES string of the molecule is COC(=O)C=Cc1cc(C(=O)OC)cnc1N. The highest BCUT2D eigenvalue weighted by atomic mass is 16.5. The van der Waals surface area contributed by atoms with Crippen molar-refractivity contribution < 1.29 is 19.1 Å². The minimum atomic E-state index is -0.523. The van der Waals surface area contributed by atoms with Crippen LogP contribution >= 0.6 is 0 Å². The molecule has 0 atom stereocenters. The van der Waals surface area contributed by atoms with Crippen LogP contribution < -0.4 is 5.73 Å². The third-order valence-electron chi connectivity index (χ3n) is 1.97. The summed E-state index contributed by atoms with van der Waals surface area (Å²) in [4.78, 5) is 26.0. The average molecular weight is 236 g/mol. The van der Waals surface area contributed by atoms with Gasteiger partial charge in [-0.1, -0.05) is 0 Å². The third-order valence-corrected chi connectivity index (χ3v) is 1.97. The van der Waals surface area contributed by atoms with E-state index in [1.54, 1.807) is 0 Å². The van der Waals surface area contributed by atoms with Crippen molar-refractivity contribution in [3.63, 3.8) is 0 Å². The van der Waals surface area contributed by atoms with Crippen LogP contribution in [-0.4, -0.2) is 31.1 Å². The third kappa shape index (κ3) is 3.30. The van der Waals surface area contributed by atoms with E-state index >= 15 is 0 Å². The number of ether oxygens (including phenoxy) is 2. The van der Waals surface area contributed by atoms with Gasteiger partial charge in [0.25, 0.3) is 0 Å². The van der Waals surface area contributed by atoms with Crippen molar-refractivity contribution >= 4 is 23.8 Å². The van der Waals surface area contributed by atoms with Gasteiger partial charge in [0, 0.05) is 17.8 Å². The van der Waals surface area contributed by atoms with E-state index in [9.17, 15) is 9.59 Å². The highest BCUT2D eigenvalue weighted by Crippen LogP contribution is 2.13. The molecule has 0 spiro atoms. The number of carbonyl (C=O) groups excluding carboxylic acids is 2. The fourth-order valence-corrected chi connectivity index (χ4v) is 1.08.